The van der Waals surface area contributed by atoms with Crippen LogP contribution in [0.5, 0.6) is 11.5 Å². The van der Waals surface area contributed by atoms with Crippen molar-refractivity contribution < 1.29 is 4.74 Å². The van der Waals surface area contributed by atoms with E-state index in [1.807, 2.05) is 60.3 Å². The average Bonchev–Trinajstić information content (AvgIpc) is 3.56. The summed E-state index contributed by atoms with van der Waals surface area (Å²) in [6.45, 7) is 0. The highest BCUT2D eigenvalue weighted by Crippen LogP contribution is 2.32. The molecule has 0 saturated heterocycles. The van der Waals surface area contributed by atoms with Crippen molar-refractivity contribution in [3.05, 3.63) is 109 Å². The SMILES string of the molecule is Cn1ccnc1-c1cccc(Oc2cccc(-n3c4ccccc4n4c5ccccc5nc34)c2)c1. The van der Waals surface area contributed by atoms with Gasteiger partial charge in [0, 0.05) is 31.1 Å². The van der Waals surface area contributed by atoms with Gasteiger partial charge in [-0.2, -0.15) is 0 Å². The predicted molar refractivity (Wildman–Crippen MR) is 138 cm³/mol. The van der Waals surface area contributed by atoms with E-state index in [4.69, 9.17) is 9.72 Å². The molecule has 4 aromatic carbocycles. The van der Waals surface area contributed by atoms with Gasteiger partial charge in [0.1, 0.15) is 17.3 Å². The van der Waals surface area contributed by atoms with E-state index >= 15 is 0 Å². The van der Waals surface area contributed by atoms with Crippen LogP contribution < -0.4 is 4.74 Å². The summed E-state index contributed by atoms with van der Waals surface area (Å²) >= 11 is 0. The third-order valence-corrected chi connectivity index (χ3v) is 6.33. The van der Waals surface area contributed by atoms with Crippen LogP contribution in [0.1, 0.15) is 0 Å². The van der Waals surface area contributed by atoms with Crippen LogP contribution in [-0.2, 0) is 7.05 Å². The smallest absolute Gasteiger partial charge is 0.220 e. The molecule has 0 unspecified atom stereocenters. The van der Waals surface area contributed by atoms with E-state index in [1.54, 1.807) is 6.20 Å². The topological polar surface area (TPSA) is 49.3 Å². The third kappa shape index (κ3) is 3.11. The van der Waals surface area contributed by atoms with Crippen molar-refractivity contribution in [1.29, 1.82) is 0 Å². The molecule has 7 rings (SSSR count). The minimum Gasteiger partial charge on any atom is -0.457 e. The number of benzene rings is 4. The lowest BCUT2D eigenvalue weighted by Crippen LogP contribution is -1.96. The largest absolute Gasteiger partial charge is 0.457 e. The Labute approximate surface area is 201 Å². The second kappa shape index (κ2) is 7.60. The first-order valence-corrected chi connectivity index (χ1v) is 11.5. The third-order valence-electron chi connectivity index (χ3n) is 6.33. The van der Waals surface area contributed by atoms with Gasteiger partial charge in [-0.25, -0.2) is 9.97 Å². The van der Waals surface area contributed by atoms with Gasteiger partial charge in [0.05, 0.1) is 27.8 Å². The lowest BCUT2D eigenvalue weighted by atomic mass is 10.2. The first-order chi connectivity index (χ1) is 17.3. The van der Waals surface area contributed by atoms with Crippen LogP contribution in [0.3, 0.4) is 0 Å². The summed E-state index contributed by atoms with van der Waals surface area (Å²) in [5, 5.41) is 0. The number of imidazole rings is 3. The molecule has 7 aromatic rings. The van der Waals surface area contributed by atoms with E-state index in [9.17, 15) is 0 Å². The van der Waals surface area contributed by atoms with E-state index in [0.717, 1.165) is 56.4 Å². The molecule has 3 aromatic heterocycles. The fourth-order valence-corrected chi connectivity index (χ4v) is 4.77. The molecule has 6 nitrogen and oxygen atoms in total. The molecule has 0 fully saturated rings. The minimum atomic E-state index is 0.756. The van der Waals surface area contributed by atoms with E-state index < -0.39 is 0 Å². The van der Waals surface area contributed by atoms with Crippen molar-refractivity contribution >= 4 is 27.8 Å². The average molecular weight is 456 g/mol. The van der Waals surface area contributed by atoms with Gasteiger partial charge in [-0.1, -0.05) is 42.5 Å². The van der Waals surface area contributed by atoms with Gasteiger partial charge >= 0.3 is 0 Å². The molecule has 0 spiro atoms. The number of para-hydroxylation sites is 4. The second-order valence-electron chi connectivity index (χ2n) is 8.55. The molecule has 0 radical (unpaired) electrons. The normalized spacial score (nSPS) is 11.6. The highest BCUT2D eigenvalue weighted by Gasteiger charge is 2.17. The van der Waals surface area contributed by atoms with Crippen molar-refractivity contribution in [3.8, 4) is 28.6 Å². The maximum absolute atomic E-state index is 6.30. The van der Waals surface area contributed by atoms with Crippen molar-refractivity contribution in [2.45, 2.75) is 0 Å². The first kappa shape index (κ1) is 19.6. The Kier molecular flexibility index (Phi) is 4.26. The zero-order chi connectivity index (χ0) is 23.4. The number of hydrogen-bond acceptors (Lipinski definition) is 3. The summed E-state index contributed by atoms with van der Waals surface area (Å²) in [6, 6.07) is 32.8. The second-order valence-corrected chi connectivity index (χ2v) is 8.55. The molecule has 168 valence electrons. The maximum atomic E-state index is 6.30. The molecule has 0 bridgehead atoms. The quantitative estimate of drug-likeness (QED) is 0.299. The minimum absolute atomic E-state index is 0.756. The molecule has 0 N–H and O–H groups in total. The van der Waals surface area contributed by atoms with Crippen molar-refractivity contribution in [2.75, 3.05) is 0 Å². The van der Waals surface area contributed by atoms with Crippen LogP contribution in [0.25, 0.3) is 44.9 Å². The maximum Gasteiger partial charge on any atom is 0.220 e. The van der Waals surface area contributed by atoms with Crippen molar-refractivity contribution in [1.82, 2.24) is 23.5 Å². The number of fused-ring (bicyclic) bond motifs is 5. The Hall–Kier alpha value is -4.84. The van der Waals surface area contributed by atoms with Gasteiger partial charge in [-0.05, 0) is 48.5 Å². The van der Waals surface area contributed by atoms with Gasteiger partial charge in [0.25, 0.3) is 0 Å². The number of hydrogen-bond donors (Lipinski definition) is 0. The van der Waals surface area contributed by atoms with E-state index in [0.29, 0.717) is 0 Å². The monoisotopic (exact) mass is 455 g/mol. The predicted octanol–water partition coefficient (Wildman–Crippen LogP) is 6.62. The van der Waals surface area contributed by atoms with Crippen molar-refractivity contribution in [2.24, 2.45) is 7.05 Å². The fraction of sp³-hybridized carbons (Fsp3) is 0.0345. The Morgan fingerprint density at radius 2 is 1.46 bits per heavy atom. The van der Waals surface area contributed by atoms with Crippen LogP contribution in [0, 0.1) is 0 Å². The Morgan fingerprint density at radius 3 is 2.29 bits per heavy atom. The molecule has 3 heterocycles. The van der Waals surface area contributed by atoms with Crippen molar-refractivity contribution in [3.63, 3.8) is 0 Å². The molecular formula is C29H21N5O. The summed E-state index contributed by atoms with van der Waals surface area (Å²) in [6.07, 6.45) is 3.74. The van der Waals surface area contributed by atoms with Gasteiger partial charge in [0.15, 0.2) is 0 Å². The molecule has 0 aliphatic heterocycles. The zero-order valence-corrected chi connectivity index (χ0v) is 19.0. The van der Waals surface area contributed by atoms with Gasteiger partial charge in [-0.3, -0.25) is 8.97 Å². The van der Waals surface area contributed by atoms with Gasteiger partial charge < -0.3 is 9.30 Å². The first-order valence-electron chi connectivity index (χ1n) is 11.5. The highest BCUT2D eigenvalue weighted by atomic mass is 16.5. The number of nitrogens with zero attached hydrogens (tertiary/aromatic N) is 5. The van der Waals surface area contributed by atoms with Gasteiger partial charge in [-0.15, -0.1) is 0 Å². The van der Waals surface area contributed by atoms with E-state index in [2.05, 4.69) is 68.5 Å². The lowest BCUT2D eigenvalue weighted by molar-refractivity contribution is 0.482. The molecule has 0 amide bonds. The molecule has 0 saturated carbocycles. The summed E-state index contributed by atoms with van der Waals surface area (Å²) in [5.41, 5.74) is 6.27. The van der Waals surface area contributed by atoms with E-state index in [-0.39, 0.29) is 0 Å². The van der Waals surface area contributed by atoms with E-state index in [1.165, 1.54) is 0 Å². The van der Waals surface area contributed by atoms with Gasteiger partial charge in [0.2, 0.25) is 5.78 Å². The highest BCUT2D eigenvalue weighted by molar-refractivity contribution is 5.92. The van der Waals surface area contributed by atoms with Crippen LogP contribution in [0.4, 0.5) is 0 Å². The number of rotatable bonds is 4. The number of ether oxygens (including phenoxy) is 1. The molecule has 0 aliphatic rings. The summed E-state index contributed by atoms with van der Waals surface area (Å²) in [7, 11) is 1.99. The molecular weight excluding hydrogens is 434 g/mol. The molecule has 35 heavy (non-hydrogen) atoms. The molecule has 6 heteroatoms. The Balaban J connectivity index is 1.34. The Bertz CT molecular complexity index is 1860. The lowest BCUT2D eigenvalue weighted by Gasteiger charge is -2.10. The number of aromatic nitrogens is 5. The van der Waals surface area contributed by atoms with Crippen LogP contribution >= 0.6 is 0 Å². The van der Waals surface area contributed by atoms with Crippen LogP contribution in [-0.4, -0.2) is 23.5 Å². The Morgan fingerprint density at radius 1 is 0.714 bits per heavy atom. The zero-order valence-electron chi connectivity index (χ0n) is 19.0. The molecule has 0 aliphatic carbocycles. The number of aryl methyl sites for hydroxylation is 1. The molecule has 0 atom stereocenters. The standard InChI is InChI=1S/C29H21N5O/c1-32-17-16-30-28(32)20-8-6-10-22(18-20)35-23-11-7-9-21(19-23)33-26-14-4-5-15-27(26)34-25-13-3-2-12-24(25)31-29(33)34/h2-19H,1H3. The van der Waals surface area contributed by atoms with Crippen LogP contribution in [0.2, 0.25) is 0 Å². The fourth-order valence-electron chi connectivity index (χ4n) is 4.77. The summed E-state index contributed by atoms with van der Waals surface area (Å²) in [5.74, 6) is 3.29. The summed E-state index contributed by atoms with van der Waals surface area (Å²) in [4.78, 5) is 9.42. The summed E-state index contributed by atoms with van der Waals surface area (Å²) < 4.78 is 12.7. The van der Waals surface area contributed by atoms with Crippen LogP contribution in [0.15, 0.2) is 109 Å².